The van der Waals surface area contributed by atoms with Gasteiger partial charge >= 0.3 is 0 Å². The van der Waals surface area contributed by atoms with Crippen LogP contribution in [0.4, 0.5) is 0 Å². The SMILES string of the molecule is CC1=C(C)[C@H]([Si](C)(CC[Si](C)(NC(C)(C)C)[C@H]2C(C)=C(C)[C@H](C)[C@H]2C)NC(C)(C)C)[C@H](C)[C@H]1C. The van der Waals surface area contributed by atoms with E-state index < -0.39 is 16.5 Å². The maximum atomic E-state index is 4.33. The molecule has 0 aliphatic heterocycles. The largest absolute Gasteiger partial charge is 0.332 e. The van der Waals surface area contributed by atoms with Gasteiger partial charge in [-0.05, 0) is 116 Å². The summed E-state index contributed by atoms with van der Waals surface area (Å²) in [5.41, 5.74) is 8.48. The van der Waals surface area contributed by atoms with E-state index in [9.17, 15) is 0 Å². The van der Waals surface area contributed by atoms with E-state index in [0.717, 1.165) is 22.9 Å². The molecule has 0 spiro atoms. The first-order valence-electron chi connectivity index (χ1n) is 14.1. The van der Waals surface area contributed by atoms with Gasteiger partial charge in [0, 0.05) is 11.1 Å². The molecule has 0 radical (unpaired) electrons. The van der Waals surface area contributed by atoms with Crippen molar-refractivity contribution in [2.45, 2.75) is 144 Å². The Morgan fingerprint density at radius 3 is 1.00 bits per heavy atom. The molecule has 2 aliphatic carbocycles. The predicted octanol–water partition coefficient (Wildman–Crippen LogP) is 8.90. The summed E-state index contributed by atoms with van der Waals surface area (Å²) in [5.74, 6) is 2.89. The van der Waals surface area contributed by atoms with Crippen LogP contribution < -0.4 is 9.96 Å². The van der Waals surface area contributed by atoms with Crippen molar-refractivity contribution in [1.82, 2.24) is 9.96 Å². The average molecular weight is 505 g/mol. The highest BCUT2D eigenvalue weighted by Gasteiger charge is 2.52. The highest BCUT2D eigenvalue weighted by atomic mass is 28.3. The number of hydrogen-bond donors (Lipinski definition) is 2. The Balaban J connectivity index is 2.51. The van der Waals surface area contributed by atoms with E-state index in [-0.39, 0.29) is 11.1 Å². The van der Waals surface area contributed by atoms with Gasteiger partial charge in [-0.2, -0.15) is 0 Å². The van der Waals surface area contributed by atoms with Gasteiger partial charge in [0.05, 0.1) is 0 Å². The van der Waals surface area contributed by atoms with E-state index in [0.29, 0.717) is 11.8 Å². The second-order valence-corrected chi connectivity index (χ2v) is 23.5. The number of rotatable bonds is 7. The molecular weight excluding hydrogens is 445 g/mol. The van der Waals surface area contributed by atoms with Gasteiger partial charge in [0.1, 0.15) is 16.5 Å². The first-order chi connectivity index (χ1) is 15.2. The van der Waals surface area contributed by atoms with E-state index in [2.05, 4.69) is 120 Å². The van der Waals surface area contributed by atoms with Crippen molar-refractivity contribution in [3.63, 3.8) is 0 Å². The van der Waals surface area contributed by atoms with Gasteiger partial charge in [0.25, 0.3) is 0 Å². The van der Waals surface area contributed by atoms with E-state index >= 15 is 0 Å². The summed E-state index contributed by atoms with van der Waals surface area (Å²) in [5, 5.41) is 0. The maximum absolute atomic E-state index is 4.33. The van der Waals surface area contributed by atoms with Crippen LogP contribution in [0.15, 0.2) is 22.3 Å². The molecule has 0 aromatic heterocycles. The lowest BCUT2D eigenvalue weighted by atomic mass is 9.95. The van der Waals surface area contributed by atoms with Crippen LogP contribution in [0, 0.1) is 23.7 Å². The second kappa shape index (κ2) is 9.95. The third-order valence-electron chi connectivity index (χ3n) is 10.0. The van der Waals surface area contributed by atoms with Gasteiger partial charge in [0.2, 0.25) is 0 Å². The van der Waals surface area contributed by atoms with Crippen molar-refractivity contribution in [2.24, 2.45) is 23.7 Å². The Labute approximate surface area is 216 Å². The smallest absolute Gasteiger partial charge is 0.130 e. The summed E-state index contributed by atoms with van der Waals surface area (Å²) in [6, 6.07) is 2.73. The Bertz CT molecular complexity index is 747. The second-order valence-electron chi connectivity index (χ2n) is 15.1. The zero-order valence-electron chi connectivity index (χ0n) is 25.9. The monoisotopic (exact) mass is 504 g/mol. The summed E-state index contributed by atoms with van der Waals surface area (Å²) in [7, 11) is -3.61. The zero-order chi connectivity index (χ0) is 26.6. The molecule has 0 bridgehead atoms. The normalized spacial score (nSPS) is 34.6. The molecule has 0 aromatic rings. The third kappa shape index (κ3) is 6.03. The third-order valence-corrected chi connectivity index (χ3v) is 20.4. The van der Waals surface area contributed by atoms with Crippen LogP contribution in [0.2, 0.25) is 36.3 Å². The molecule has 2 N–H and O–H groups in total. The van der Waals surface area contributed by atoms with Crippen molar-refractivity contribution in [3.05, 3.63) is 22.3 Å². The van der Waals surface area contributed by atoms with E-state index in [1.807, 2.05) is 0 Å². The Morgan fingerprint density at radius 1 is 0.559 bits per heavy atom. The highest BCUT2D eigenvalue weighted by Crippen LogP contribution is 2.54. The number of hydrogen-bond acceptors (Lipinski definition) is 2. The van der Waals surface area contributed by atoms with E-state index in [1.165, 1.54) is 12.1 Å². The van der Waals surface area contributed by atoms with Gasteiger partial charge in [-0.15, -0.1) is 0 Å². The molecule has 0 amide bonds. The fourth-order valence-corrected chi connectivity index (χ4v) is 22.3. The Hall–Kier alpha value is -0.166. The van der Waals surface area contributed by atoms with E-state index in [1.54, 1.807) is 22.3 Å². The van der Waals surface area contributed by atoms with Crippen molar-refractivity contribution in [2.75, 3.05) is 0 Å². The lowest BCUT2D eigenvalue weighted by molar-refractivity contribution is 0.443. The minimum Gasteiger partial charge on any atom is -0.332 e. The molecule has 198 valence electrons. The van der Waals surface area contributed by atoms with Gasteiger partial charge in [-0.3, -0.25) is 0 Å². The van der Waals surface area contributed by atoms with Crippen molar-refractivity contribution < 1.29 is 0 Å². The molecule has 34 heavy (non-hydrogen) atoms. The van der Waals surface area contributed by atoms with Crippen LogP contribution in [-0.4, -0.2) is 27.5 Å². The fourth-order valence-electron chi connectivity index (χ4n) is 8.30. The van der Waals surface area contributed by atoms with Gasteiger partial charge in [-0.1, -0.05) is 63.1 Å². The minimum atomic E-state index is -1.80. The van der Waals surface area contributed by atoms with Crippen molar-refractivity contribution in [3.8, 4) is 0 Å². The molecule has 0 fully saturated rings. The van der Waals surface area contributed by atoms with Crippen LogP contribution in [0.25, 0.3) is 0 Å². The fraction of sp³-hybridized carbons (Fsp3) is 0.867. The van der Waals surface area contributed by atoms with Crippen LogP contribution in [0.5, 0.6) is 0 Å². The molecule has 2 nitrogen and oxygen atoms in total. The van der Waals surface area contributed by atoms with Gasteiger partial charge in [-0.25, -0.2) is 0 Å². The molecule has 4 heteroatoms. The highest BCUT2D eigenvalue weighted by molar-refractivity contribution is 6.83. The summed E-state index contributed by atoms with van der Waals surface area (Å²) in [4.78, 5) is 8.66. The molecule has 0 heterocycles. The van der Waals surface area contributed by atoms with Crippen LogP contribution in [0.3, 0.4) is 0 Å². The van der Waals surface area contributed by atoms with Gasteiger partial charge < -0.3 is 9.96 Å². The first-order valence-corrected chi connectivity index (χ1v) is 19.7. The van der Waals surface area contributed by atoms with E-state index in [4.69, 9.17) is 0 Å². The Kier molecular flexibility index (Phi) is 8.80. The molecule has 8 atom stereocenters. The summed E-state index contributed by atoms with van der Waals surface area (Å²) in [6.45, 7) is 39.4. The lowest BCUT2D eigenvalue weighted by Crippen LogP contribution is -2.64. The molecule has 2 aliphatic rings. The summed E-state index contributed by atoms with van der Waals surface area (Å²) in [6.07, 6.45) is 0. The number of allylic oxidation sites excluding steroid dienone is 4. The molecule has 0 aromatic carbocycles. The first kappa shape index (κ1) is 30.1. The zero-order valence-corrected chi connectivity index (χ0v) is 27.9. The maximum Gasteiger partial charge on any atom is 0.130 e. The van der Waals surface area contributed by atoms with Crippen molar-refractivity contribution >= 4 is 16.5 Å². The summed E-state index contributed by atoms with van der Waals surface area (Å²) >= 11 is 0. The topological polar surface area (TPSA) is 24.1 Å². The number of nitrogens with one attached hydrogen (secondary N) is 2. The Morgan fingerprint density at radius 2 is 0.824 bits per heavy atom. The van der Waals surface area contributed by atoms with Crippen LogP contribution in [0.1, 0.15) is 96.9 Å². The summed E-state index contributed by atoms with van der Waals surface area (Å²) < 4.78 is 0. The quantitative estimate of drug-likeness (QED) is 0.267. The standard InChI is InChI=1S/C30H60N2Si2/c1-19-20(2)24(6)27(23(19)5)33(15,31-29(9,10)11)17-18-34(16,32-30(12,13)14)28-25(7)21(3)22(4)26(28)8/h19,21,23,25,27-28,31-32H,17-18H2,1-16H3/t19-,21-,23+,25+,27+,28+,33?,34?/m0/s1. The van der Waals surface area contributed by atoms with Crippen LogP contribution >= 0.6 is 0 Å². The minimum absolute atomic E-state index is 0.150. The molecule has 0 saturated heterocycles. The molecule has 2 rings (SSSR count). The predicted molar refractivity (Wildman–Crippen MR) is 160 cm³/mol. The molecule has 0 saturated carbocycles. The van der Waals surface area contributed by atoms with Gasteiger partial charge in [0.15, 0.2) is 0 Å². The molecule has 2 unspecified atom stereocenters. The lowest BCUT2D eigenvalue weighted by Gasteiger charge is -2.48. The van der Waals surface area contributed by atoms with Crippen molar-refractivity contribution in [1.29, 1.82) is 0 Å². The van der Waals surface area contributed by atoms with Crippen LogP contribution in [-0.2, 0) is 0 Å². The average Bonchev–Trinajstić information content (AvgIpc) is 2.97. The molecular formula is C30H60N2Si2.